The van der Waals surface area contributed by atoms with Crippen molar-refractivity contribution < 1.29 is 9.59 Å². The fraction of sp³-hybridized carbons (Fsp3) is 0.273. The van der Waals surface area contributed by atoms with E-state index in [9.17, 15) is 9.59 Å². The number of likely N-dealkylation sites (tertiary alicyclic amines) is 1. The highest BCUT2D eigenvalue weighted by Crippen LogP contribution is 2.19. The minimum atomic E-state index is -0.261. The van der Waals surface area contributed by atoms with E-state index < -0.39 is 0 Å². The molecule has 1 fully saturated rings. The Morgan fingerprint density at radius 2 is 1.79 bits per heavy atom. The largest absolute Gasteiger partial charge is 0.346 e. The molecular formula is C22H23N5O2. The van der Waals surface area contributed by atoms with Crippen LogP contribution in [0.2, 0.25) is 0 Å². The number of aromatic nitrogens is 3. The molecule has 2 heterocycles. The molecule has 1 saturated heterocycles. The van der Waals surface area contributed by atoms with Gasteiger partial charge in [0.2, 0.25) is 11.8 Å². The van der Waals surface area contributed by atoms with E-state index in [0.717, 1.165) is 24.1 Å². The zero-order valence-electron chi connectivity index (χ0n) is 16.1. The first-order valence-electron chi connectivity index (χ1n) is 9.76. The van der Waals surface area contributed by atoms with E-state index in [2.05, 4.69) is 15.4 Å². The van der Waals surface area contributed by atoms with Crippen LogP contribution in [0.3, 0.4) is 0 Å². The van der Waals surface area contributed by atoms with E-state index in [1.807, 2.05) is 65.6 Å². The predicted octanol–water partition coefficient (Wildman–Crippen LogP) is 2.43. The summed E-state index contributed by atoms with van der Waals surface area (Å²) in [6, 6.07) is 19.1. The lowest BCUT2D eigenvalue weighted by molar-refractivity contribution is -0.129. The van der Waals surface area contributed by atoms with Crippen molar-refractivity contribution in [2.24, 2.45) is 0 Å². The third kappa shape index (κ3) is 4.68. The van der Waals surface area contributed by atoms with Crippen LogP contribution in [-0.4, -0.2) is 44.6 Å². The summed E-state index contributed by atoms with van der Waals surface area (Å²) < 4.78 is 1.53. The van der Waals surface area contributed by atoms with Crippen molar-refractivity contribution in [2.75, 3.05) is 13.1 Å². The number of carbonyl (C=O) groups is 2. The standard InChI is InChI=1S/C22H23N5O2/c28-20(15-27-16-23-22(25-27)18-10-5-2-6-11-18)24-19(17-8-3-1-4-9-17)14-26-13-7-12-21(26)29/h1-6,8-11,16,19H,7,12-15H2,(H,24,28)/t19-/m1/s1. The summed E-state index contributed by atoms with van der Waals surface area (Å²) in [5, 5.41) is 7.45. The van der Waals surface area contributed by atoms with E-state index in [1.165, 1.54) is 4.68 Å². The summed E-state index contributed by atoms with van der Waals surface area (Å²) in [5.74, 6) is 0.555. The number of hydrogen-bond donors (Lipinski definition) is 1. The molecule has 0 radical (unpaired) electrons. The number of hydrogen-bond acceptors (Lipinski definition) is 4. The van der Waals surface area contributed by atoms with Crippen LogP contribution in [0.25, 0.3) is 11.4 Å². The molecule has 0 aliphatic carbocycles. The second-order valence-electron chi connectivity index (χ2n) is 7.11. The lowest BCUT2D eigenvalue weighted by Crippen LogP contribution is -2.39. The van der Waals surface area contributed by atoms with Crippen LogP contribution in [0.1, 0.15) is 24.4 Å². The van der Waals surface area contributed by atoms with E-state index in [4.69, 9.17) is 0 Å². The second kappa shape index (κ2) is 8.68. The van der Waals surface area contributed by atoms with Crippen molar-refractivity contribution in [2.45, 2.75) is 25.4 Å². The number of benzene rings is 2. The number of nitrogens with one attached hydrogen (secondary N) is 1. The van der Waals surface area contributed by atoms with Crippen molar-refractivity contribution in [3.63, 3.8) is 0 Å². The molecule has 148 valence electrons. The summed E-state index contributed by atoms with van der Waals surface area (Å²) in [6.45, 7) is 1.28. The van der Waals surface area contributed by atoms with Crippen LogP contribution in [0, 0.1) is 0 Å². The van der Waals surface area contributed by atoms with Crippen LogP contribution in [-0.2, 0) is 16.1 Å². The van der Waals surface area contributed by atoms with Crippen LogP contribution in [0.15, 0.2) is 67.0 Å². The van der Waals surface area contributed by atoms with Gasteiger partial charge in [0.15, 0.2) is 5.82 Å². The molecule has 29 heavy (non-hydrogen) atoms. The zero-order valence-corrected chi connectivity index (χ0v) is 16.1. The van der Waals surface area contributed by atoms with Crippen molar-refractivity contribution >= 4 is 11.8 Å². The van der Waals surface area contributed by atoms with Gasteiger partial charge >= 0.3 is 0 Å². The first-order chi connectivity index (χ1) is 14.2. The van der Waals surface area contributed by atoms with Crippen LogP contribution < -0.4 is 5.32 Å². The Morgan fingerprint density at radius 3 is 2.48 bits per heavy atom. The summed E-state index contributed by atoms with van der Waals surface area (Å²) in [5.41, 5.74) is 1.88. The molecule has 0 spiro atoms. The van der Waals surface area contributed by atoms with Gasteiger partial charge in [-0.1, -0.05) is 60.7 Å². The third-order valence-electron chi connectivity index (χ3n) is 4.99. The Kier molecular flexibility index (Phi) is 5.65. The predicted molar refractivity (Wildman–Crippen MR) is 109 cm³/mol. The molecule has 1 atom stereocenters. The second-order valence-corrected chi connectivity index (χ2v) is 7.11. The van der Waals surface area contributed by atoms with E-state index in [1.54, 1.807) is 6.33 Å². The Morgan fingerprint density at radius 1 is 1.07 bits per heavy atom. The topological polar surface area (TPSA) is 80.1 Å². The summed E-state index contributed by atoms with van der Waals surface area (Å²) >= 11 is 0. The molecule has 1 N–H and O–H groups in total. The van der Waals surface area contributed by atoms with Crippen molar-refractivity contribution in [3.8, 4) is 11.4 Å². The number of rotatable bonds is 7. The van der Waals surface area contributed by atoms with Gasteiger partial charge in [-0.05, 0) is 12.0 Å². The first kappa shape index (κ1) is 18.9. The normalized spacial score (nSPS) is 14.8. The van der Waals surface area contributed by atoms with E-state index >= 15 is 0 Å². The molecule has 0 unspecified atom stereocenters. The molecule has 1 aliphatic heterocycles. The Hall–Kier alpha value is -3.48. The van der Waals surface area contributed by atoms with Gasteiger partial charge in [-0.25, -0.2) is 9.67 Å². The minimum Gasteiger partial charge on any atom is -0.346 e. The molecular weight excluding hydrogens is 366 g/mol. The molecule has 1 aliphatic rings. The average Bonchev–Trinajstić information content (AvgIpc) is 3.38. The maximum atomic E-state index is 12.7. The molecule has 0 bridgehead atoms. The lowest BCUT2D eigenvalue weighted by atomic mass is 10.1. The highest BCUT2D eigenvalue weighted by molar-refractivity contribution is 5.79. The highest BCUT2D eigenvalue weighted by atomic mass is 16.2. The molecule has 2 amide bonds. The van der Waals surface area contributed by atoms with Crippen molar-refractivity contribution in [1.29, 1.82) is 0 Å². The molecule has 3 aromatic rings. The Balaban J connectivity index is 1.44. The molecule has 4 rings (SSSR count). The van der Waals surface area contributed by atoms with Gasteiger partial charge in [-0.2, -0.15) is 5.10 Å². The summed E-state index contributed by atoms with van der Waals surface area (Å²) in [7, 11) is 0. The minimum absolute atomic E-state index is 0.0666. The van der Waals surface area contributed by atoms with Gasteiger partial charge in [0.1, 0.15) is 12.9 Å². The van der Waals surface area contributed by atoms with Crippen LogP contribution in [0.4, 0.5) is 0 Å². The fourth-order valence-corrected chi connectivity index (χ4v) is 3.51. The third-order valence-corrected chi connectivity index (χ3v) is 4.99. The lowest BCUT2D eigenvalue weighted by Gasteiger charge is -2.25. The molecule has 7 nitrogen and oxygen atoms in total. The summed E-state index contributed by atoms with van der Waals surface area (Å²) in [6.07, 6.45) is 3.01. The zero-order chi connectivity index (χ0) is 20.1. The number of amides is 2. The quantitative estimate of drug-likeness (QED) is 0.673. The summed E-state index contributed by atoms with van der Waals surface area (Å²) in [4.78, 5) is 30.8. The van der Waals surface area contributed by atoms with Gasteiger partial charge in [0.05, 0.1) is 6.04 Å². The molecule has 0 saturated carbocycles. The average molecular weight is 389 g/mol. The molecule has 2 aromatic carbocycles. The van der Waals surface area contributed by atoms with Gasteiger partial charge < -0.3 is 10.2 Å². The van der Waals surface area contributed by atoms with Gasteiger partial charge in [0.25, 0.3) is 0 Å². The SMILES string of the molecule is O=C(Cn1cnc(-c2ccccc2)n1)N[C@H](CN1CCCC1=O)c1ccccc1. The number of carbonyl (C=O) groups excluding carboxylic acids is 2. The Labute approximate surface area is 169 Å². The maximum Gasteiger partial charge on any atom is 0.242 e. The Bertz CT molecular complexity index is 971. The monoisotopic (exact) mass is 389 g/mol. The van der Waals surface area contributed by atoms with Crippen LogP contribution >= 0.6 is 0 Å². The molecule has 1 aromatic heterocycles. The van der Waals surface area contributed by atoms with Crippen LogP contribution in [0.5, 0.6) is 0 Å². The van der Waals surface area contributed by atoms with Crippen molar-refractivity contribution in [1.82, 2.24) is 25.0 Å². The van der Waals surface area contributed by atoms with Gasteiger partial charge in [-0.15, -0.1) is 0 Å². The molecule has 7 heteroatoms. The highest BCUT2D eigenvalue weighted by Gasteiger charge is 2.25. The smallest absolute Gasteiger partial charge is 0.242 e. The van der Waals surface area contributed by atoms with Gasteiger partial charge in [-0.3, -0.25) is 9.59 Å². The first-order valence-corrected chi connectivity index (χ1v) is 9.76. The van der Waals surface area contributed by atoms with E-state index in [-0.39, 0.29) is 24.4 Å². The van der Waals surface area contributed by atoms with Gasteiger partial charge in [0, 0.05) is 25.1 Å². The number of nitrogens with zero attached hydrogens (tertiary/aromatic N) is 4. The fourth-order valence-electron chi connectivity index (χ4n) is 3.51. The van der Waals surface area contributed by atoms with E-state index in [0.29, 0.717) is 18.8 Å². The maximum absolute atomic E-state index is 12.7. The van der Waals surface area contributed by atoms with Crippen molar-refractivity contribution in [3.05, 3.63) is 72.6 Å².